The molecule has 0 bridgehead atoms. The van der Waals surface area contributed by atoms with Crippen LogP contribution in [0.3, 0.4) is 0 Å². The Morgan fingerprint density at radius 2 is 1.90 bits per heavy atom. The van der Waals surface area contributed by atoms with Crippen molar-refractivity contribution in [1.29, 1.82) is 5.26 Å². The first-order valence-corrected chi connectivity index (χ1v) is 10.3. The summed E-state index contributed by atoms with van der Waals surface area (Å²) in [6.45, 7) is 6.24. The SMILES string of the molecule is CC1NNC2OC(N)=C(C#N)C(c3cc(CO)cc(-c4ccccc4)c3)(C(C)C)C12. The molecular formula is C24H28N4O2. The van der Waals surface area contributed by atoms with Crippen LogP contribution in [0.4, 0.5) is 0 Å². The van der Waals surface area contributed by atoms with Crippen molar-refractivity contribution in [2.75, 3.05) is 0 Å². The molecule has 5 N–H and O–H groups in total. The number of benzene rings is 2. The van der Waals surface area contributed by atoms with Gasteiger partial charge in [0, 0.05) is 17.4 Å². The summed E-state index contributed by atoms with van der Waals surface area (Å²) in [6, 6.07) is 18.6. The van der Waals surface area contributed by atoms with Crippen molar-refractivity contribution in [3.8, 4) is 17.2 Å². The van der Waals surface area contributed by atoms with Gasteiger partial charge in [0.25, 0.3) is 0 Å². The maximum atomic E-state index is 10.2. The van der Waals surface area contributed by atoms with Crippen LogP contribution in [0.2, 0.25) is 0 Å². The van der Waals surface area contributed by atoms with Crippen LogP contribution in [0.5, 0.6) is 0 Å². The molecule has 156 valence electrons. The van der Waals surface area contributed by atoms with Crippen molar-refractivity contribution < 1.29 is 9.84 Å². The predicted molar refractivity (Wildman–Crippen MR) is 115 cm³/mol. The highest BCUT2D eigenvalue weighted by molar-refractivity contribution is 5.67. The van der Waals surface area contributed by atoms with E-state index in [0.29, 0.717) is 5.57 Å². The average molecular weight is 405 g/mol. The van der Waals surface area contributed by atoms with Crippen LogP contribution >= 0.6 is 0 Å². The second-order valence-corrected chi connectivity index (χ2v) is 8.46. The summed E-state index contributed by atoms with van der Waals surface area (Å²) in [6.07, 6.45) is -0.350. The molecule has 2 aromatic carbocycles. The maximum absolute atomic E-state index is 10.2. The summed E-state index contributed by atoms with van der Waals surface area (Å²) in [4.78, 5) is 0. The van der Waals surface area contributed by atoms with Crippen molar-refractivity contribution in [3.63, 3.8) is 0 Å². The smallest absolute Gasteiger partial charge is 0.200 e. The molecular weight excluding hydrogens is 376 g/mol. The zero-order chi connectivity index (χ0) is 21.5. The summed E-state index contributed by atoms with van der Waals surface area (Å²) in [5.74, 6) is 0.160. The third-order valence-corrected chi connectivity index (χ3v) is 6.54. The molecule has 0 saturated carbocycles. The number of nitrogens with one attached hydrogen (secondary N) is 2. The van der Waals surface area contributed by atoms with Gasteiger partial charge in [-0.3, -0.25) is 5.43 Å². The summed E-state index contributed by atoms with van der Waals surface area (Å²) >= 11 is 0. The highest BCUT2D eigenvalue weighted by Crippen LogP contribution is 2.53. The number of nitrogens with two attached hydrogens (primary N) is 1. The Hall–Kier alpha value is -2.85. The quantitative estimate of drug-likeness (QED) is 0.625. The molecule has 2 aliphatic heterocycles. The van der Waals surface area contributed by atoms with E-state index in [9.17, 15) is 10.4 Å². The van der Waals surface area contributed by atoms with Gasteiger partial charge in [-0.2, -0.15) is 5.26 Å². The molecule has 2 aliphatic rings. The lowest BCUT2D eigenvalue weighted by Gasteiger charge is -2.49. The topological polar surface area (TPSA) is 103 Å². The minimum atomic E-state index is -0.674. The number of aliphatic hydroxyl groups is 1. The zero-order valence-electron chi connectivity index (χ0n) is 17.5. The number of allylic oxidation sites excluding steroid dienone is 1. The molecule has 0 amide bonds. The molecule has 0 spiro atoms. The van der Waals surface area contributed by atoms with E-state index in [4.69, 9.17) is 10.5 Å². The molecule has 0 radical (unpaired) electrons. The van der Waals surface area contributed by atoms with E-state index in [2.05, 4.69) is 43.8 Å². The monoisotopic (exact) mass is 404 g/mol. The van der Waals surface area contributed by atoms with Crippen molar-refractivity contribution in [2.24, 2.45) is 17.6 Å². The van der Waals surface area contributed by atoms with Gasteiger partial charge in [-0.05, 0) is 41.2 Å². The Balaban J connectivity index is 2.03. The Morgan fingerprint density at radius 1 is 1.17 bits per heavy atom. The highest BCUT2D eigenvalue weighted by Gasteiger charge is 2.58. The number of rotatable bonds is 4. The first kappa shape index (κ1) is 20.4. The third-order valence-electron chi connectivity index (χ3n) is 6.54. The van der Waals surface area contributed by atoms with Gasteiger partial charge in [0.2, 0.25) is 5.88 Å². The predicted octanol–water partition coefficient (Wildman–Crippen LogP) is 2.90. The van der Waals surface area contributed by atoms with E-state index in [-0.39, 0.29) is 36.6 Å². The van der Waals surface area contributed by atoms with Gasteiger partial charge >= 0.3 is 0 Å². The minimum Gasteiger partial charge on any atom is -0.458 e. The zero-order valence-corrected chi connectivity index (χ0v) is 17.5. The number of nitrogens with zero attached hydrogens (tertiary/aromatic N) is 1. The normalized spacial score (nSPS) is 28.2. The summed E-state index contributed by atoms with van der Waals surface area (Å²) in [5.41, 5.74) is 16.3. The number of hydrazine groups is 1. The first-order valence-electron chi connectivity index (χ1n) is 10.3. The lowest BCUT2D eigenvalue weighted by Crippen LogP contribution is -2.54. The van der Waals surface area contributed by atoms with Crippen LogP contribution in [0.15, 0.2) is 60.0 Å². The van der Waals surface area contributed by atoms with Gasteiger partial charge in [0.15, 0.2) is 6.23 Å². The Kier molecular flexibility index (Phi) is 5.29. The fourth-order valence-electron chi connectivity index (χ4n) is 5.27. The van der Waals surface area contributed by atoms with Crippen molar-refractivity contribution in [2.45, 2.75) is 45.1 Å². The fourth-order valence-corrected chi connectivity index (χ4v) is 5.27. The summed E-state index contributed by atoms with van der Waals surface area (Å²) in [5, 5.41) is 20.2. The van der Waals surface area contributed by atoms with Gasteiger partial charge in [-0.1, -0.05) is 56.3 Å². The van der Waals surface area contributed by atoms with E-state index in [1.807, 2.05) is 42.5 Å². The molecule has 6 heteroatoms. The number of ether oxygens (including phenoxy) is 1. The molecule has 2 heterocycles. The molecule has 6 nitrogen and oxygen atoms in total. The molecule has 4 rings (SSSR count). The molecule has 0 aromatic heterocycles. The highest BCUT2D eigenvalue weighted by atomic mass is 16.5. The van der Waals surface area contributed by atoms with E-state index in [1.165, 1.54) is 0 Å². The van der Waals surface area contributed by atoms with E-state index in [1.54, 1.807) is 0 Å². The maximum Gasteiger partial charge on any atom is 0.200 e. The van der Waals surface area contributed by atoms with Crippen LogP contribution in [0, 0.1) is 23.2 Å². The van der Waals surface area contributed by atoms with Crippen LogP contribution in [-0.2, 0) is 16.8 Å². The van der Waals surface area contributed by atoms with Gasteiger partial charge in [0.1, 0.15) is 11.6 Å². The van der Waals surface area contributed by atoms with Crippen molar-refractivity contribution >= 4 is 0 Å². The summed E-state index contributed by atoms with van der Waals surface area (Å²) in [7, 11) is 0. The Labute approximate surface area is 177 Å². The second kappa shape index (κ2) is 7.77. The largest absolute Gasteiger partial charge is 0.458 e. The molecule has 0 aliphatic carbocycles. The standard InChI is InChI=1S/C24H28N4O2/c1-14(2)24(20(12-25)22(26)30-23-21(24)15(3)27-28-23)19-10-16(13-29)9-18(11-19)17-7-5-4-6-8-17/h4-11,14-15,21,23,27-29H,13,26H2,1-3H3. The van der Waals surface area contributed by atoms with E-state index >= 15 is 0 Å². The number of aliphatic hydroxyl groups excluding tert-OH is 1. The molecule has 2 aromatic rings. The van der Waals surface area contributed by atoms with E-state index in [0.717, 1.165) is 22.3 Å². The molecule has 1 saturated heterocycles. The van der Waals surface area contributed by atoms with Crippen LogP contribution < -0.4 is 16.6 Å². The first-order chi connectivity index (χ1) is 14.4. The third kappa shape index (κ3) is 2.98. The van der Waals surface area contributed by atoms with Crippen molar-refractivity contribution in [1.82, 2.24) is 10.9 Å². The fraction of sp³-hybridized carbons (Fsp3) is 0.375. The minimum absolute atomic E-state index is 0.0480. The number of nitriles is 1. The lowest BCUT2D eigenvalue weighted by atomic mass is 9.56. The Morgan fingerprint density at radius 3 is 2.53 bits per heavy atom. The van der Waals surface area contributed by atoms with E-state index < -0.39 is 5.41 Å². The van der Waals surface area contributed by atoms with Gasteiger partial charge < -0.3 is 15.6 Å². The number of hydrogen-bond donors (Lipinski definition) is 4. The van der Waals surface area contributed by atoms with Gasteiger partial charge in [-0.25, -0.2) is 5.43 Å². The van der Waals surface area contributed by atoms with Crippen LogP contribution in [0.25, 0.3) is 11.1 Å². The lowest BCUT2D eigenvalue weighted by molar-refractivity contribution is -0.00383. The molecule has 4 unspecified atom stereocenters. The second-order valence-electron chi connectivity index (χ2n) is 8.46. The van der Waals surface area contributed by atoms with Gasteiger partial charge in [0.05, 0.1) is 6.61 Å². The average Bonchev–Trinajstić information content (AvgIpc) is 3.13. The van der Waals surface area contributed by atoms with Crippen LogP contribution in [-0.4, -0.2) is 17.4 Å². The number of hydrogen-bond acceptors (Lipinski definition) is 6. The molecule has 4 atom stereocenters. The van der Waals surface area contributed by atoms with Gasteiger partial charge in [-0.15, -0.1) is 0 Å². The molecule has 30 heavy (non-hydrogen) atoms. The molecule has 1 fully saturated rings. The summed E-state index contributed by atoms with van der Waals surface area (Å²) < 4.78 is 5.89. The number of fused-ring (bicyclic) bond motifs is 1. The van der Waals surface area contributed by atoms with Crippen LogP contribution in [0.1, 0.15) is 31.9 Å². The Bertz CT molecular complexity index is 1010. The van der Waals surface area contributed by atoms with Crippen molar-refractivity contribution in [3.05, 3.63) is 71.1 Å².